The molecule has 3 rings (SSSR count). The second-order valence-electron chi connectivity index (χ2n) is 4.37. The highest BCUT2D eigenvalue weighted by atomic mass is 16.5. The Morgan fingerprint density at radius 3 is 3.28 bits per heavy atom. The predicted molar refractivity (Wildman–Crippen MR) is 70.0 cm³/mol. The summed E-state index contributed by atoms with van der Waals surface area (Å²) in [5.41, 5.74) is 0.851. The van der Waals surface area contributed by atoms with Gasteiger partial charge in [0.25, 0.3) is 0 Å². The first kappa shape index (κ1) is 11.3. The third-order valence-electron chi connectivity index (χ3n) is 3.00. The summed E-state index contributed by atoms with van der Waals surface area (Å²) >= 11 is 0. The molecule has 1 atom stereocenters. The van der Waals surface area contributed by atoms with Gasteiger partial charge in [0.1, 0.15) is 5.82 Å². The molecule has 6 nitrogen and oxygen atoms in total. The van der Waals surface area contributed by atoms with E-state index in [4.69, 9.17) is 4.74 Å². The quantitative estimate of drug-likeness (QED) is 0.854. The van der Waals surface area contributed by atoms with Gasteiger partial charge in [-0.3, -0.25) is 0 Å². The molecule has 2 aromatic rings. The van der Waals surface area contributed by atoms with Gasteiger partial charge in [0.05, 0.1) is 18.8 Å². The van der Waals surface area contributed by atoms with Crippen LogP contribution in [0, 0.1) is 0 Å². The Morgan fingerprint density at radius 1 is 1.56 bits per heavy atom. The van der Waals surface area contributed by atoms with Gasteiger partial charge in [0.15, 0.2) is 11.5 Å². The summed E-state index contributed by atoms with van der Waals surface area (Å²) in [5.74, 6) is 1.67. The number of anilines is 2. The summed E-state index contributed by atoms with van der Waals surface area (Å²) in [6.45, 7) is 4.45. The molecule has 2 N–H and O–H groups in total. The van der Waals surface area contributed by atoms with Crippen molar-refractivity contribution in [1.82, 2.24) is 14.4 Å². The summed E-state index contributed by atoms with van der Waals surface area (Å²) in [6, 6.07) is 0.329. The van der Waals surface area contributed by atoms with Gasteiger partial charge < -0.3 is 19.8 Å². The van der Waals surface area contributed by atoms with E-state index in [1.807, 2.05) is 16.8 Å². The van der Waals surface area contributed by atoms with Gasteiger partial charge in [-0.2, -0.15) is 0 Å². The van der Waals surface area contributed by atoms with E-state index in [1.165, 1.54) is 0 Å². The molecule has 1 aliphatic heterocycles. The van der Waals surface area contributed by atoms with Crippen LogP contribution in [0.2, 0.25) is 0 Å². The molecule has 0 amide bonds. The van der Waals surface area contributed by atoms with Crippen LogP contribution in [0.1, 0.15) is 13.3 Å². The van der Waals surface area contributed by atoms with E-state index >= 15 is 0 Å². The van der Waals surface area contributed by atoms with E-state index in [9.17, 15) is 0 Å². The lowest BCUT2D eigenvalue weighted by Crippen LogP contribution is -2.20. The van der Waals surface area contributed by atoms with Gasteiger partial charge in [-0.05, 0) is 13.3 Å². The number of aromatic nitrogens is 3. The van der Waals surface area contributed by atoms with Crippen molar-refractivity contribution in [2.75, 3.05) is 30.4 Å². The third kappa shape index (κ3) is 2.11. The van der Waals surface area contributed by atoms with Crippen LogP contribution in [0.5, 0.6) is 0 Å². The highest BCUT2D eigenvalue weighted by molar-refractivity contribution is 5.65. The molecule has 1 unspecified atom stereocenters. The van der Waals surface area contributed by atoms with Crippen molar-refractivity contribution in [3.63, 3.8) is 0 Å². The minimum Gasteiger partial charge on any atom is -0.379 e. The molecule has 1 aliphatic rings. The molecular weight excluding hydrogens is 230 g/mol. The molecule has 1 saturated heterocycles. The first-order valence-electron chi connectivity index (χ1n) is 6.28. The van der Waals surface area contributed by atoms with E-state index in [2.05, 4.69) is 27.5 Å². The fourth-order valence-electron chi connectivity index (χ4n) is 2.14. The lowest BCUT2D eigenvalue weighted by molar-refractivity contribution is 0.195. The summed E-state index contributed by atoms with van der Waals surface area (Å²) in [5, 5.41) is 6.63. The number of ether oxygens (including phenoxy) is 1. The van der Waals surface area contributed by atoms with Crippen molar-refractivity contribution in [3.05, 3.63) is 18.6 Å². The van der Waals surface area contributed by atoms with E-state index in [0.29, 0.717) is 6.04 Å². The van der Waals surface area contributed by atoms with Gasteiger partial charge >= 0.3 is 0 Å². The van der Waals surface area contributed by atoms with E-state index < -0.39 is 0 Å². The van der Waals surface area contributed by atoms with Crippen molar-refractivity contribution < 1.29 is 4.74 Å². The van der Waals surface area contributed by atoms with Crippen LogP contribution in [0.4, 0.5) is 11.6 Å². The number of imidazole rings is 1. The standard InChI is InChI=1S/C12H17N5O/c1-2-13-10-7-17-5-4-14-12(17)11(16-10)15-9-3-6-18-8-9/h4-5,7,9,13H,2-3,6,8H2,1H3,(H,15,16). The number of nitrogens with zero attached hydrogens (tertiary/aromatic N) is 3. The van der Waals surface area contributed by atoms with Crippen molar-refractivity contribution in [2.24, 2.45) is 0 Å². The minimum absolute atomic E-state index is 0.329. The summed E-state index contributed by atoms with van der Waals surface area (Å²) in [4.78, 5) is 8.90. The van der Waals surface area contributed by atoms with Crippen LogP contribution in [0.15, 0.2) is 18.6 Å². The van der Waals surface area contributed by atoms with Gasteiger partial charge in [-0.1, -0.05) is 0 Å². The zero-order valence-corrected chi connectivity index (χ0v) is 10.4. The summed E-state index contributed by atoms with van der Waals surface area (Å²) < 4.78 is 7.34. The number of fused-ring (bicyclic) bond motifs is 1. The molecule has 0 aliphatic carbocycles. The maximum Gasteiger partial charge on any atom is 0.180 e. The topological polar surface area (TPSA) is 63.5 Å². The third-order valence-corrected chi connectivity index (χ3v) is 3.00. The van der Waals surface area contributed by atoms with Crippen LogP contribution in [0.3, 0.4) is 0 Å². The normalized spacial score (nSPS) is 19.3. The number of nitrogens with one attached hydrogen (secondary N) is 2. The molecule has 6 heteroatoms. The molecule has 0 radical (unpaired) electrons. The molecule has 0 saturated carbocycles. The molecule has 0 aromatic carbocycles. The molecule has 2 aromatic heterocycles. The van der Waals surface area contributed by atoms with Crippen molar-refractivity contribution in [2.45, 2.75) is 19.4 Å². The Labute approximate surface area is 105 Å². The Morgan fingerprint density at radius 2 is 2.50 bits per heavy atom. The Balaban J connectivity index is 1.93. The predicted octanol–water partition coefficient (Wildman–Crippen LogP) is 1.36. The van der Waals surface area contributed by atoms with E-state index in [-0.39, 0.29) is 0 Å². The molecule has 1 fully saturated rings. The maximum atomic E-state index is 5.37. The van der Waals surface area contributed by atoms with Crippen LogP contribution >= 0.6 is 0 Å². The van der Waals surface area contributed by atoms with E-state index in [0.717, 1.165) is 43.5 Å². The average Bonchev–Trinajstić information content (AvgIpc) is 2.99. The van der Waals surface area contributed by atoms with Crippen molar-refractivity contribution >= 4 is 17.3 Å². The average molecular weight is 247 g/mol. The number of rotatable bonds is 4. The minimum atomic E-state index is 0.329. The molecule has 96 valence electrons. The number of hydrogen-bond acceptors (Lipinski definition) is 5. The second-order valence-corrected chi connectivity index (χ2v) is 4.37. The Kier molecular flexibility index (Phi) is 3.02. The zero-order chi connectivity index (χ0) is 12.4. The van der Waals surface area contributed by atoms with E-state index in [1.54, 1.807) is 6.20 Å². The van der Waals surface area contributed by atoms with Gasteiger partial charge in [0, 0.05) is 25.5 Å². The van der Waals surface area contributed by atoms with Crippen molar-refractivity contribution in [3.8, 4) is 0 Å². The largest absolute Gasteiger partial charge is 0.379 e. The molecule has 3 heterocycles. The molecule has 0 bridgehead atoms. The molecular formula is C12H17N5O. The van der Waals surface area contributed by atoms with Crippen LogP contribution in [0.25, 0.3) is 5.65 Å². The summed E-state index contributed by atoms with van der Waals surface area (Å²) in [6.07, 6.45) is 6.67. The lowest BCUT2D eigenvalue weighted by atomic mass is 10.2. The molecule has 0 spiro atoms. The fraction of sp³-hybridized carbons (Fsp3) is 0.500. The maximum absolute atomic E-state index is 5.37. The molecule has 18 heavy (non-hydrogen) atoms. The SMILES string of the molecule is CCNc1cn2ccnc2c(NC2CCOC2)n1. The summed E-state index contributed by atoms with van der Waals surface area (Å²) in [7, 11) is 0. The van der Waals surface area contributed by atoms with Gasteiger partial charge in [0.2, 0.25) is 0 Å². The highest BCUT2D eigenvalue weighted by Crippen LogP contribution is 2.19. The monoisotopic (exact) mass is 247 g/mol. The Hall–Kier alpha value is -1.82. The lowest BCUT2D eigenvalue weighted by Gasteiger charge is -2.13. The second kappa shape index (κ2) is 4.81. The Bertz CT molecular complexity index is 532. The van der Waals surface area contributed by atoms with Gasteiger partial charge in [-0.25, -0.2) is 9.97 Å². The van der Waals surface area contributed by atoms with Crippen LogP contribution in [-0.4, -0.2) is 40.2 Å². The first-order chi connectivity index (χ1) is 8.86. The zero-order valence-electron chi connectivity index (χ0n) is 10.4. The highest BCUT2D eigenvalue weighted by Gasteiger charge is 2.17. The smallest absolute Gasteiger partial charge is 0.180 e. The van der Waals surface area contributed by atoms with Crippen LogP contribution in [-0.2, 0) is 4.74 Å². The number of hydrogen-bond donors (Lipinski definition) is 2. The van der Waals surface area contributed by atoms with Crippen molar-refractivity contribution in [1.29, 1.82) is 0 Å². The fourth-order valence-corrected chi connectivity index (χ4v) is 2.14. The van der Waals surface area contributed by atoms with Gasteiger partial charge in [-0.15, -0.1) is 0 Å². The van der Waals surface area contributed by atoms with Crippen LogP contribution < -0.4 is 10.6 Å². The first-order valence-corrected chi connectivity index (χ1v) is 6.28.